The van der Waals surface area contributed by atoms with Gasteiger partial charge in [0.2, 0.25) is 0 Å². The molecule has 18 heavy (non-hydrogen) atoms. The molecule has 1 saturated heterocycles. The molecule has 1 atom stereocenters. The van der Waals surface area contributed by atoms with Crippen LogP contribution in [0.5, 0.6) is 0 Å². The van der Waals surface area contributed by atoms with E-state index in [-0.39, 0.29) is 11.9 Å². The molecule has 1 aromatic rings. The monoisotopic (exact) mass is 362 g/mol. The van der Waals surface area contributed by atoms with E-state index in [0.29, 0.717) is 19.1 Å². The summed E-state index contributed by atoms with van der Waals surface area (Å²) >= 11 is 2.24. The number of hydrogen-bond acceptors (Lipinski definition) is 3. The molecule has 1 aromatic heterocycles. The summed E-state index contributed by atoms with van der Waals surface area (Å²) < 4.78 is 8.24. The third-order valence-electron chi connectivity index (χ3n) is 3.38. The van der Waals surface area contributed by atoms with Gasteiger partial charge in [-0.15, -0.1) is 0 Å². The normalized spacial score (nSPS) is 19.7. The van der Waals surface area contributed by atoms with Gasteiger partial charge in [0.05, 0.1) is 0 Å². The van der Waals surface area contributed by atoms with Crippen molar-refractivity contribution in [1.82, 2.24) is 9.78 Å². The van der Waals surface area contributed by atoms with Crippen LogP contribution in [0.4, 0.5) is 0 Å². The molecule has 0 spiro atoms. The SMILES string of the molecule is Cc1c(C(C)C)c(I)nn1CC(=O)C1CCCO1. The van der Waals surface area contributed by atoms with Gasteiger partial charge in [-0.25, -0.2) is 0 Å². The standard InChI is InChI=1S/C13H19IN2O2/c1-8(2)12-9(3)16(15-13(12)14)7-10(17)11-5-4-6-18-11/h8,11H,4-7H2,1-3H3. The first kappa shape index (κ1) is 14.0. The van der Waals surface area contributed by atoms with Crippen LogP contribution < -0.4 is 0 Å². The zero-order valence-corrected chi connectivity index (χ0v) is 13.2. The molecule has 100 valence electrons. The van der Waals surface area contributed by atoms with Gasteiger partial charge in [-0.05, 0) is 48.3 Å². The molecular weight excluding hydrogens is 343 g/mol. The molecule has 0 aromatic carbocycles. The third kappa shape index (κ3) is 2.77. The highest BCUT2D eigenvalue weighted by Gasteiger charge is 2.25. The summed E-state index contributed by atoms with van der Waals surface area (Å²) in [5.41, 5.74) is 2.34. The fraction of sp³-hybridized carbons (Fsp3) is 0.692. The van der Waals surface area contributed by atoms with Crippen LogP contribution in [-0.2, 0) is 16.1 Å². The number of rotatable bonds is 4. The maximum atomic E-state index is 12.1. The van der Waals surface area contributed by atoms with Crippen LogP contribution in [0.3, 0.4) is 0 Å². The molecule has 1 aliphatic rings. The Bertz CT molecular complexity index is 448. The quantitative estimate of drug-likeness (QED) is 0.774. The summed E-state index contributed by atoms with van der Waals surface area (Å²) in [7, 11) is 0. The van der Waals surface area contributed by atoms with Crippen molar-refractivity contribution in [3.05, 3.63) is 15.0 Å². The molecule has 0 saturated carbocycles. The number of hydrogen-bond donors (Lipinski definition) is 0. The van der Waals surface area contributed by atoms with Gasteiger partial charge >= 0.3 is 0 Å². The largest absolute Gasteiger partial charge is 0.370 e. The minimum atomic E-state index is -0.214. The fourth-order valence-electron chi connectivity index (χ4n) is 2.41. The second kappa shape index (κ2) is 5.69. The Hall–Kier alpha value is -0.430. The van der Waals surface area contributed by atoms with Gasteiger partial charge in [0.15, 0.2) is 5.78 Å². The average molecular weight is 362 g/mol. The van der Waals surface area contributed by atoms with Gasteiger partial charge in [0.25, 0.3) is 0 Å². The summed E-state index contributed by atoms with van der Waals surface area (Å²) in [5.74, 6) is 0.577. The Kier molecular flexibility index (Phi) is 4.42. The molecule has 1 unspecified atom stereocenters. The third-order valence-corrected chi connectivity index (χ3v) is 4.18. The van der Waals surface area contributed by atoms with Crippen LogP contribution in [0, 0.1) is 10.6 Å². The summed E-state index contributed by atoms with van der Waals surface area (Å²) in [6.45, 7) is 7.38. The van der Waals surface area contributed by atoms with Crippen molar-refractivity contribution in [1.29, 1.82) is 0 Å². The highest BCUT2D eigenvalue weighted by molar-refractivity contribution is 14.1. The van der Waals surface area contributed by atoms with E-state index in [2.05, 4.69) is 41.5 Å². The van der Waals surface area contributed by atoms with Gasteiger partial charge in [-0.2, -0.15) is 5.10 Å². The van der Waals surface area contributed by atoms with Gasteiger partial charge in [-0.1, -0.05) is 13.8 Å². The highest BCUT2D eigenvalue weighted by Crippen LogP contribution is 2.24. The summed E-state index contributed by atoms with van der Waals surface area (Å²) in [5, 5.41) is 4.47. The van der Waals surface area contributed by atoms with Crippen molar-refractivity contribution >= 4 is 28.4 Å². The van der Waals surface area contributed by atoms with E-state index in [9.17, 15) is 4.79 Å². The van der Waals surface area contributed by atoms with Crippen molar-refractivity contribution in [2.75, 3.05) is 6.61 Å². The van der Waals surface area contributed by atoms with E-state index in [4.69, 9.17) is 4.74 Å². The molecule has 0 aliphatic carbocycles. The first-order valence-electron chi connectivity index (χ1n) is 6.37. The Labute approximate surface area is 121 Å². The predicted octanol–water partition coefficient (Wildman–Crippen LogP) is 2.67. The Morgan fingerprint density at radius 3 is 2.83 bits per heavy atom. The highest BCUT2D eigenvalue weighted by atomic mass is 127. The van der Waals surface area contributed by atoms with Crippen LogP contribution in [0.15, 0.2) is 0 Å². The zero-order chi connectivity index (χ0) is 13.3. The van der Waals surface area contributed by atoms with E-state index in [1.54, 1.807) is 0 Å². The van der Waals surface area contributed by atoms with Crippen molar-refractivity contribution < 1.29 is 9.53 Å². The molecule has 4 nitrogen and oxygen atoms in total. The molecule has 2 heterocycles. The van der Waals surface area contributed by atoms with Gasteiger partial charge in [0.1, 0.15) is 16.3 Å². The van der Waals surface area contributed by atoms with Gasteiger partial charge < -0.3 is 4.74 Å². The van der Waals surface area contributed by atoms with Crippen LogP contribution in [-0.4, -0.2) is 28.3 Å². The van der Waals surface area contributed by atoms with E-state index in [1.807, 2.05) is 11.6 Å². The molecule has 0 bridgehead atoms. The molecule has 1 fully saturated rings. The van der Waals surface area contributed by atoms with Gasteiger partial charge in [-0.3, -0.25) is 9.48 Å². The first-order chi connectivity index (χ1) is 8.50. The number of ether oxygens (including phenoxy) is 1. The summed E-state index contributed by atoms with van der Waals surface area (Å²) in [6, 6.07) is 0. The van der Waals surface area contributed by atoms with E-state index >= 15 is 0 Å². The van der Waals surface area contributed by atoms with Crippen molar-refractivity contribution in [3.8, 4) is 0 Å². The number of Topliss-reactive ketones (excluding diaryl/α,β-unsaturated/α-hetero) is 1. The lowest BCUT2D eigenvalue weighted by Gasteiger charge is -2.10. The smallest absolute Gasteiger partial charge is 0.182 e. The maximum absolute atomic E-state index is 12.1. The maximum Gasteiger partial charge on any atom is 0.182 e. The van der Waals surface area contributed by atoms with E-state index in [0.717, 1.165) is 22.2 Å². The van der Waals surface area contributed by atoms with Crippen molar-refractivity contribution in [3.63, 3.8) is 0 Å². The van der Waals surface area contributed by atoms with Crippen LogP contribution in [0.25, 0.3) is 0 Å². The number of nitrogens with zero attached hydrogens (tertiary/aromatic N) is 2. The molecule has 2 rings (SSSR count). The fourth-order valence-corrected chi connectivity index (χ4v) is 3.69. The lowest BCUT2D eigenvalue weighted by atomic mass is 10.1. The number of carbonyl (C=O) groups excluding carboxylic acids is 1. The summed E-state index contributed by atoms with van der Waals surface area (Å²) in [6.07, 6.45) is 1.63. The van der Waals surface area contributed by atoms with E-state index in [1.165, 1.54) is 5.56 Å². The minimum absolute atomic E-state index is 0.143. The summed E-state index contributed by atoms with van der Waals surface area (Å²) in [4.78, 5) is 12.1. The number of aromatic nitrogens is 2. The van der Waals surface area contributed by atoms with Crippen LogP contribution >= 0.6 is 22.6 Å². The van der Waals surface area contributed by atoms with E-state index < -0.39 is 0 Å². The van der Waals surface area contributed by atoms with Crippen LogP contribution in [0.2, 0.25) is 0 Å². The lowest BCUT2D eigenvalue weighted by molar-refractivity contribution is -0.128. The number of halogens is 1. The van der Waals surface area contributed by atoms with Gasteiger partial charge in [0, 0.05) is 17.9 Å². The molecule has 0 amide bonds. The molecule has 0 radical (unpaired) electrons. The molecule has 0 N–H and O–H groups in total. The second-order valence-electron chi connectivity index (χ2n) is 5.07. The van der Waals surface area contributed by atoms with Crippen LogP contribution in [0.1, 0.15) is 43.9 Å². The zero-order valence-electron chi connectivity index (χ0n) is 11.1. The van der Waals surface area contributed by atoms with Crippen molar-refractivity contribution in [2.45, 2.75) is 52.2 Å². The predicted molar refractivity (Wildman–Crippen MR) is 77.8 cm³/mol. The second-order valence-corrected chi connectivity index (χ2v) is 6.09. The number of carbonyl (C=O) groups is 1. The minimum Gasteiger partial charge on any atom is -0.370 e. The average Bonchev–Trinajstić information content (AvgIpc) is 2.88. The first-order valence-corrected chi connectivity index (χ1v) is 7.45. The number of ketones is 1. The Morgan fingerprint density at radius 1 is 1.61 bits per heavy atom. The lowest BCUT2D eigenvalue weighted by Crippen LogP contribution is -2.25. The molecule has 1 aliphatic heterocycles. The topological polar surface area (TPSA) is 44.1 Å². The Balaban J connectivity index is 2.14. The Morgan fingerprint density at radius 2 is 2.33 bits per heavy atom. The molecular formula is C13H19IN2O2. The van der Waals surface area contributed by atoms with Crippen molar-refractivity contribution in [2.24, 2.45) is 0 Å². The molecule has 5 heteroatoms.